The minimum Gasteiger partial charge on any atom is -0.480 e. The van der Waals surface area contributed by atoms with Crippen molar-refractivity contribution in [3.63, 3.8) is 0 Å². The molecule has 1 unspecified atom stereocenters. The molecule has 6 heteroatoms. The summed E-state index contributed by atoms with van der Waals surface area (Å²) in [5.41, 5.74) is 0. The smallest absolute Gasteiger partial charge is 0.317 e. The van der Waals surface area contributed by atoms with Gasteiger partial charge in [-0.1, -0.05) is 5.92 Å². The Kier molecular flexibility index (Phi) is 8.62. The Morgan fingerprint density at radius 3 is 2.72 bits per heavy atom. The first kappa shape index (κ1) is 16.4. The van der Waals surface area contributed by atoms with Gasteiger partial charge in [-0.3, -0.25) is 14.5 Å². The van der Waals surface area contributed by atoms with Crippen LogP contribution in [0.5, 0.6) is 0 Å². The average molecular weight is 256 g/mol. The maximum absolute atomic E-state index is 11.7. The van der Waals surface area contributed by atoms with Crippen molar-refractivity contribution >= 4 is 11.9 Å². The second-order valence-corrected chi connectivity index (χ2v) is 3.82. The summed E-state index contributed by atoms with van der Waals surface area (Å²) in [4.78, 5) is 23.8. The molecule has 0 aromatic rings. The molecular formula is C12H20N2O4. The molecule has 0 heterocycles. The lowest BCUT2D eigenvalue weighted by molar-refractivity contribution is -0.139. The van der Waals surface area contributed by atoms with E-state index in [4.69, 9.17) is 16.3 Å². The fourth-order valence-corrected chi connectivity index (χ4v) is 1.36. The normalized spacial score (nSPS) is 11.9. The van der Waals surface area contributed by atoms with Gasteiger partial charge in [-0.05, 0) is 13.3 Å². The predicted octanol–water partition coefficient (Wildman–Crippen LogP) is -0.453. The Hall–Kier alpha value is -1.58. The molecule has 102 valence electrons. The summed E-state index contributed by atoms with van der Waals surface area (Å²) >= 11 is 0. The quantitative estimate of drug-likeness (QED) is 0.431. The maximum Gasteiger partial charge on any atom is 0.317 e. The SMILES string of the molecule is C#CCN(CC(=O)O)C(C)C(=O)NCCCOC. The van der Waals surface area contributed by atoms with Gasteiger partial charge in [0.25, 0.3) is 0 Å². The summed E-state index contributed by atoms with van der Waals surface area (Å²) in [6, 6.07) is -0.570. The van der Waals surface area contributed by atoms with E-state index in [1.807, 2.05) is 0 Å². The monoisotopic (exact) mass is 256 g/mol. The fourth-order valence-electron chi connectivity index (χ4n) is 1.36. The molecule has 0 fully saturated rings. The van der Waals surface area contributed by atoms with Gasteiger partial charge >= 0.3 is 5.97 Å². The third kappa shape index (κ3) is 6.89. The van der Waals surface area contributed by atoms with Gasteiger partial charge in [-0.2, -0.15) is 0 Å². The zero-order valence-electron chi connectivity index (χ0n) is 10.8. The first-order valence-electron chi connectivity index (χ1n) is 5.68. The van der Waals surface area contributed by atoms with Crippen LogP contribution in [0.2, 0.25) is 0 Å². The van der Waals surface area contributed by atoms with Crippen LogP contribution in [0.4, 0.5) is 0 Å². The summed E-state index contributed by atoms with van der Waals surface area (Å²) in [5.74, 6) is 1.10. The largest absolute Gasteiger partial charge is 0.480 e. The second-order valence-electron chi connectivity index (χ2n) is 3.82. The number of amides is 1. The number of hydrogen-bond donors (Lipinski definition) is 2. The number of terminal acetylenes is 1. The van der Waals surface area contributed by atoms with Crippen molar-refractivity contribution in [2.45, 2.75) is 19.4 Å². The number of rotatable bonds is 9. The first-order chi connectivity index (χ1) is 8.52. The van der Waals surface area contributed by atoms with Crippen molar-refractivity contribution in [2.75, 3.05) is 33.4 Å². The van der Waals surface area contributed by atoms with E-state index < -0.39 is 12.0 Å². The van der Waals surface area contributed by atoms with Crippen molar-refractivity contribution in [3.8, 4) is 12.3 Å². The molecule has 0 aromatic heterocycles. The summed E-state index contributed by atoms with van der Waals surface area (Å²) in [6.07, 6.45) is 5.86. The minimum absolute atomic E-state index is 0.124. The average Bonchev–Trinajstić information content (AvgIpc) is 2.32. The number of methoxy groups -OCH3 is 1. The number of nitrogens with one attached hydrogen (secondary N) is 1. The Morgan fingerprint density at radius 1 is 1.56 bits per heavy atom. The van der Waals surface area contributed by atoms with Gasteiger partial charge < -0.3 is 15.2 Å². The van der Waals surface area contributed by atoms with Gasteiger partial charge in [0.15, 0.2) is 0 Å². The molecule has 0 saturated heterocycles. The second kappa shape index (κ2) is 9.45. The van der Waals surface area contributed by atoms with Crippen molar-refractivity contribution in [1.82, 2.24) is 10.2 Å². The topological polar surface area (TPSA) is 78.9 Å². The highest BCUT2D eigenvalue weighted by molar-refractivity contribution is 5.82. The molecule has 2 N–H and O–H groups in total. The molecule has 1 amide bonds. The van der Waals surface area contributed by atoms with Gasteiger partial charge in [0, 0.05) is 20.3 Å². The minimum atomic E-state index is -1.01. The van der Waals surface area contributed by atoms with E-state index in [0.29, 0.717) is 19.6 Å². The Labute approximate surface area is 107 Å². The number of carbonyl (C=O) groups is 2. The van der Waals surface area contributed by atoms with E-state index in [1.54, 1.807) is 14.0 Å². The Bertz CT molecular complexity index is 312. The molecule has 0 aliphatic heterocycles. The molecule has 0 aromatic carbocycles. The highest BCUT2D eigenvalue weighted by Gasteiger charge is 2.22. The van der Waals surface area contributed by atoms with Crippen LogP contribution in [-0.4, -0.2) is 61.3 Å². The van der Waals surface area contributed by atoms with Crippen LogP contribution in [-0.2, 0) is 14.3 Å². The van der Waals surface area contributed by atoms with E-state index in [1.165, 1.54) is 4.90 Å². The molecule has 0 bridgehead atoms. The standard InChI is InChI=1S/C12H20N2O4/c1-4-7-14(9-11(15)16)10(2)12(17)13-6-5-8-18-3/h1,10H,5-9H2,2-3H3,(H,13,17)(H,15,16). The molecule has 0 spiro atoms. The number of ether oxygens (including phenoxy) is 1. The van der Waals surface area contributed by atoms with Crippen LogP contribution in [0.3, 0.4) is 0 Å². The van der Waals surface area contributed by atoms with Crippen LogP contribution in [0.15, 0.2) is 0 Å². The van der Waals surface area contributed by atoms with Gasteiger partial charge in [0.1, 0.15) is 0 Å². The van der Waals surface area contributed by atoms with E-state index in [9.17, 15) is 9.59 Å². The lowest BCUT2D eigenvalue weighted by Gasteiger charge is -2.24. The fraction of sp³-hybridized carbons (Fsp3) is 0.667. The molecule has 0 aliphatic carbocycles. The van der Waals surface area contributed by atoms with Crippen LogP contribution in [0.1, 0.15) is 13.3 Å². The zero-order chi connectivity index (χ0) is 14.0. The summed E-state index contributed by atoms with van der Waals surface area (Å²) in [5, 5.41) is 11.4. The van der Waals surface area contributed by atoms with Crippen LogP contribution in [0, 0.1) is 12.3 Å². The molecular weight excluding hydrogens is 236 g/mol. The van der Waals surface area contributed by atoms with Crippen molar-refractivity contribution < 1.29 is 19.4 Å². The van der Waals surface area contributed by atoms with Crippen molar-refractivity contribution in [3.05, 3.63) is 0 Å². The Morgan fingerprint density at radius 2 is 2.22 bits per heavy atom. The molecule has 6 nitrogen and oxygen atoms in total. The van der Waals surface area contributed by atoms with E-state index in [0.717, 1.165) is 0 Å². The molecule has 0 rings (SSSR count). The van der Waals surface area contributed by atoms with Gasteiger partial charge in [-0.15, -0.1) is 6.42 Å². The third-order valence-corrected chi connectivity index (χ3v) is 2.38. The highest BCUT2D eigenvalue weighted by Crippen LogP contribution is 1.98. The summed E-state index contributed by atoms with van der Waals surface area (Å²) in [7, 11) is 1.59. The number of carboxylic acids is 1. The van der Waals surface area contributed by atoms with Crippen LogP contribution < -0.4 is 5.32 Å². The van der Waals surface area contributed by atoms with Gasteiger partial charge in [0.2, 0.25) is 5.91 Å². The van der Waals surface area contributed by atoms with Gasteiger partial charge in [-0.25, -0.2) is 0 Å². The highest BCUT2D eigenvalue weighted by atomic mass is 16.5. The number of aliphatic carboxylic acids is 1. The predicted molar refractivity (Wildman–Crippen MR) is 67.0 cm³/mol. The van der Waals surface area contributed by atoms with Crippen LogP contribution >= 0.6 is 0 Å². The number of carboxylic acid groups (broad SMARTS) is 1. The molecule has 1 atom stereocenters. The molecule has 0 aliphatic rings. The van der Waals surface area contributed by atoms with E-state index in [-0.39, 0.29) is 19.0 Å². The Balaban J connectivity index is 4.20. The first-order valence-corrected chi connectivity index (χ1v) is 5.68. The molecule has 18 heavy (non-hydrogen) atoms. The molecule has 0 radical (unpaired) electrons. The third-order valence-electron chi connectivity index (χ3n) is 2.38. The van der Waals surface area contributed by atoms with Crippen molar-refractivity contribution in [2.24, 2.45) is 0 Å². The maximum atomic E-state index is 11.7. The molecule has 0 saturated carbocycles. The lowest BCUT2D eigenvalue weighted by atomic mass is 10.2. The van der Waals surface area contributed by atoms with Gasteiger partial charge in [0.05, 0.1) is 19.1 Å². The zero-order valence-corrected chi connectivity index (χ0v) is 10.8. The number of carbonyl (C=O) groups excluding carboxylic acids is 1. The van der Waals surface area contributed by atoms with Crippen LogP contribution in [0.25, 0.3) is 0 Å². The van der Waals surface area contributed by atoms with E-state index in [2.05, 4.69) is 11.2 Å². The van der Waals surface area contributed by atoms with E-state index >= 15 is 0 Å². The number of hydrogen-bond acceptors (Lipinski definition) is 4. The van der Waals surface area contributed by atoms with Crippen molar-refractivity contribution in [1.29, 1.82) is 0 Å². The summed E-state index contributed by atoms with van der Waals surface area (Å²) in [6.45, 7) is 2.56. The lowest BCUT2D eigenvalue weighted by Crippen LogP contribution is -2.47. The number of nitrogens with zero attached hydrogens (tertiary/aromatic N) is 1. The summed E-state index contributed by atoms with van der Waals surface area (Å²) < 4.78 is 4.86.